The molecular weight excluding hydrogens is 330 g/mol. The average Bonchev–Trinajstić information content (AvgIpc) is 3.15. The van der Waals surface area contributed by atoms with E-state index in [1.54, 1.807) is 37.8 Å². The van der Waals surface area contributed by atoms with Gasteiger partial charge in [0, 0.05) is 30.2 Å². The molecule has 0 fully saturated rings. The predicted molar refractivity (Wildman–Crippen MR) is 99.9 cm³/mol. The summed E-state index contributed by atoms with van der Waals surface area (Å²) in [5, 5.41) is 2.92. The topological polar surface area (TPSA) is 65.4 Å². The number of nitrogens with zero attached hydrogens (tertiary/aromatic N) is 2. The number of benzene rings is 2. The fraction of sp³-hybridized carbons (Fsp3) is 0.200. The molecule has 0 atom stereocenters. The van der Waals surface area contributed by atoms with E-state index in [-0.39, 0.29) is 5.91 Å². The molecule has 0 unspecified atom stereocenters. The number of hydrogen-bond acceptors (Lipinski definition) is 4. The maximum absolute atomic E-state index is 12.6. The Labute approximate surface area is 152 Å². The van der Waals surface area contributed by atoms with Gasteiger partial charge in [0.1, 0.15) is 0 Å². The van der Waals surface area contributed by atoms with E-state index in [0.29, 0.717) is 30.2 Å². The summed E-state index contributed by atoms with van der Waals surface area (Å²) in [6.07, 6.45) is 5.40. The summed E-state index contributed by atoms with van der Waals surface area (Å²) in [5.74, 6) is 0.952. The van der Waals surface area contributed by atoms with Crippen LogP contribution in [0.3, 0.4) is 0 Å². The molecule has 26 heavy (non-hydrogen) atoms. The van der Waals surface area contributed by atoms with E-state index in [0.717, 1.165) is 11.3 Å². The van der Waals surface area contributed by atoms with Gasteiger partial charge in [-0.05, 0) is 42.8 Å². The second kappa shape index (κ2) is 8.20. The van der Waals surface area contributed by atoms with Crippen LogP contribution in [0.15, 0.2) is 61.2 Å². The molecule has 6 heteroatoms. The normalized spacial score (nSPS) is 10.4. The summed E-state index contributed by atoms with van der Waals surface area (Å²) in [7, 11) is 1.55. The molecule has 0 spiro atoms. The molecule has 0 saturated heterocycles. The molecule has 0 aliphatic rings. The van der Waals surface area contributed by atoms with E-state index in [1.165, 1.54) is 0 Å². The van der Waals surface area contributed by atoms with Gasteiger partial charge in [-0.25, -0.2) is 4.98 Å². The molecule has 1 heterocycles. The van der Waals surface area contributed by atoms with Gasteiger partial charge >= 0.3 is 0 Å². The van der Waals surface area contributed by atoms with Gasteiger partial charge in [0.2, 0.25) is 0 Å². The maximum Gasteiger partial charge on any atom is 0.255 e. The Morgan fingerprint density at radius 1 is 1.19 bits per heavy atom. The Bertz CT molecular complexity index is 876. The highest BCUT2D eigenvalue weighted by molar-refractivity contribution is 6.04. The van der Waals surface area contributed by atoms with E-state index >= 15 is 0 Å². The van der Waals surface area contributed by atoms with Crippen molar-refractivity contribution in [1.29, 1.82) is 0 Å². The van der Waals surface area contributed by atoms with Crippen LogP contribution in [0.2, 0.25) is 0 Å². The molecule has 1 N–H and O–H groups in total. The number of rotatable bonds is 7. The van der Waals surface area contributed by atoms with Gasteiger partial charge in [-0.3, -0.25) is 4.79 Å². The molecule has 2 aromatic carbocycles. The number of carbonyl (C=O) groups excluding carboxylic acids is 1. The van der Waals surface area contributed by atoms with Gasteiger partial charge in [-0.1, -0.05) is 12.1 Å². The van der Waals surface area contributed by atoms with Gasteiger partial charge in [-0.15, -0.1) is 0 Å². The van der Waals surface area contributed by atoms with Gasteiger partial charge in [0.15, 0.2) is 11.5 Å². The minimum absolute atomic E-state index is 0.203. The Morgan fingerprint density at radius 3 is 2.81 bits per heavy atom. The lowest BCUT2D eigenvalue weighted by molar-refractivity contribution is 0.102. The Hall–Kier alpha value is -3.28. The lowest BCUT2D eigenvalue weighted by Gasteiger charge is -2.12. The van der Waals surface area contributed by atoms with Crippen molar-refractivity contribution >= 4 is 11.6 Å². The standard InChI is InChI=1S/C20H21N3O3/c1-3-26-18-8-7-16(12-19(18)25-2)20(24)22-17-6-4-5-15(11-17)13-23-10-9-21-14-23/h4-12,14H,3,13H2,1-2H3,(H,22,24). The van der Waals surface area contributed by atoms with Crippen molar-refractivity contribution in [3.63, 3.8) is 0 Å². The largest absolute Gasteiger partial charge is 0.493 e. The van der Waals surface area contributed by atoms with Crippen LogP contribution in [0.5, 0.6) is 11.5 Å². The molecular formula is C20H21N3O3. The summed E-state index contributed by atoms with van der Waals surface area (Å²) in [4.78, 5) is 16.6. The quantitative estimate of drug-likeness (QED) is 0.706. The van der Waals surface area contributed by atoms with Crippen LogP contribution in [-0.2, 0) is 6.54 Å². The minimum atomic E-state index is -0.203. The van der Waals surface area contributed by atoms with E-state index in [9.17, 15) is 4.79 Å². The molecule has 0 aliphatic carbocycles. The maximum atomic E-state index is 12.6. The fourth-order valence-corrected chi connectivity index (χ4v) is 2.63. The van der Waals surface area contributed by atoms with Crippen LogP contribution in [0.1, 0.15) is 22.8 Å². The van der Waals surface area contributed by atoms with E-state index in [2.05, 4.69) is 10.3 Å². The number of hydrogen-bond donors (Lipinski definition) is 1. The Kier molecular flexibility index (Phi) is 5.53. The smallest absolute Gasteiger partial charge is 0.255 e. The fourth-order valence-electron chi connectivity index (χ4n) is 2.63. The van der Waals surface area contributed by atoms with Crippen molar-refractivity contribution in [2.45, 2.75) is 13.5 Å². The van der Waals surface area contributed by atoms with Crippen LogP contribution in [0.4, 0.5) is 5.69 Å². The van der Waals surface area contributed by atoms with Crippen molar-refractivity contribution in [3.05, 3.63) is 72.3 Å². The van der Waals surface area contributed by atoms with Crippen molar-refractivity contribution in [2.24, 2.45) is 0 Å². The number of nitrogens with one attached hydrogen (secondary N) is 1. The average molecular weight is 351 g/mol. The number of carbonyl (C=O) groups is 1. The lowest BCUT2D eigenvalue weighted by Crippen LogP contribution is -2.12. The molecule has 6 nitrogen and oxygen atoms in total. The number of methoxy groups -OCH3 is 1. The number of aromatic nitrogens is 2. The zero-order chi connectivity index (χ0) is 18.4. The molecule has 3 aromatic rings. The number of amides is 1. The van der Waals surface area contributed by atoms with Gasteiger partial charge < -0.3 is 19.4 Å². The summed E-state index contributed by atoms with van der Waals surface area (Å²) in [6, 6.07) is 12.9. The van der Waals surface area contributed by atoms with Crippen LogP contribution in [0, 0.1) is 0 Å². The zero-order valence-electron chi connectivity index (χ0n) is 14.8. The van der Waals surface area contributed by atoms with Crippen LogP contribution < -0.4 is 14.8 Å². The molecule has 0 radical (unpaired) electrons. The molecule has 1 amide bonds. The third-order valence-electron chi connectivity index (χ3n) is 3.83. The summed E-state index contributed by atoms with van der Waals surface area (Å²) in [5.41, 5.74) is 2.32. The predicted octanol–water partition coefficient (Wildman–Crippen LogP) is 3.59. The molecule has 0 bridgehead atoms. The molecule has 0 aliphatic heterocycles. The molecule has 0 saturated carbocycles. The van der Waals surface area contributed by atoms with Crippen LogP contribution >= 0.6 is 0 Å². The van der Waals surface area contributed by atoms with Gasteiger partial charge in [-0.2, -0.15) is 0 Å². The highest BCUT2D eigenvalue weighted by Crippen LogP contribution is 2.28. The third-order valence-corrected chi connectivity index (χ3v) is 3.83. The monoisotopic (exact) mass is 351 g/mol. The first-order valence-electron chi connectivity index (χ1n) is 8.36. The summed E-state index contributed by atoms with van der Waals surface area (Å²) in [6.45, 7) is 3.13. The Morgan fingerprint density at radius 2 is 2.08 bits per heavy atom. The highest BCUT2D eigenvalue weighted by atomic mass is 16.5. The first-order chi connectivity index (χ1) is 12.7. The molecule has 1 aromatic heterocycles. The summed E-state index contributed by atoms with van der Waals surface area (Å²) >= 11 is 0. The number of anilines is 1. The van der Waals surface area contributed by atoms with Gasteiger partial charge in [0.05, 0.1) is 20.0 Å². The van der Waals surface area contributed by atoms with Crippen LogP contribution in [-0.4, -0.2) is 29.2 Å². The van der Waals surface area contributed by atoms with Crippen LogP contribution in [0.25, 0.3) is 0 Å². The Balaban J connectivity index is 1.73. The highest BCUT2D eigenvalue weighted by Gasteiger charge is 2.11. The zero-order valence-corrected chi connectivity index (χ0v) is 14.8. The van der Waals surface area contributed by atoms with E-state index < -0.39 is 0 Å². The first-order valence-corrected chi connectivity index (χ1v) is 8.36. The number of ether oxygens (including phenoxy) is 2. The van der Waals surface area contributed by atoms with E-state index in [1.807, 2.05) is 42.0 Å². The molecule has 134 valence electrons. The third kappa shape index (κ3) is 4.22. The van der Waals surface area contributed by atoms with Crippen molar-refractivity contribution < 1.29 is 14.3 Å². The number of imidazole rings is 1. The lowest BCUT2D eigenvalue weighted by atomic mass is 10.1. The van der Waals surface area contributed by atoms with Crippen molar-refractivity contribution in [2.75, 3.05) is 19.0 Å². The first kappa shape index (κ1) is 17.5. The van der Waals surface area contributed by atoms with Gasteiger partial charge in [0.25, 0.3) is 5.91 Å². The second-order valence-corrected chi connectivity index (χ2v) is 5.69. The van der Waals surface area contributed by atoms with Crippen molar-refractivity contribution in [1.82, 2.24) is 9.55 Å². The minimum Gasteiger partial charge on any atom is -0.493 e. The SMILES string of the molecule is CCOc1ccc(C(=O)Nc2cccc(Cn3ccnc3)c2)cc1OC. The summed E-state index contributed by atoms with van der Waals surface area (Å²) < 4.78 is 12.8. The van der Waals surface area contributed by atoms with E-state index in [4.69, 9.17) is 9.47 Å². The molecule has 3 rings (SSSR count). The second-order valence-electron chi connectivity index (χ2n) is 5.69. The van der Waals surface area contributed by atoms with Crippen molar-refractivity contribution in [3.8, 4) is 11.5 Å².